The number of nitrogens with one attached hydrogen (secondary N) is 2. The van der Waals surface area contributed by atoms with Crippen molar-refractivity contribution in [1.29, 1.82) is 0 Å². The first-order valence-electron chi connectivity index (χ1n) is 5.26. The van der Waals surface area contributed by atoms with Gasteiger partial charge in [-0.05, 0) is 6.42 Å². The van der Waals surface area contributed by atoms with E-state index in [0.717, 1.165) is 6.20 Å². The fraction of sp³-hybridized carbons (Fsp3) is 0.400. The third kappa shape index (κ3) is 3.37. The summed E-state index contributed by atoms with van der Waals surface area (Å²) in [6.07, 6.45) is 1.18. The second-order valence-corrected chi connectivity index (χ2v) is 3.39. The van der Waals surface area contributed by atoms with Gasteiger partial charge in [-0.1, -0.05) is 0 Å². The van der Waals surface area contributed by atoms with E-state index in [1.807, 2.05) is 0 Å². The van der Waals surface area contributed by atoms with Crippen LogP contribution < -0.4 is 10.6 Å². The molecule has 1 aromatic rings. The number of carbonyl (C=O) groups excluding carboxylic acids is 1. The zero-order valence-corrected chi connectivity index (χ0v) is 9.77. The van der Waals surface area contributed by atoms with Gasteiger partial charge in [-0.3, -0.25) is 19.3 Å². The number of hydrogen-bond donors (Lipinski definition) is 2. The average Bonchev–Trinajstić information content (AvgIpc) is 2.38. The zero-order valence-electron chi connectivity index (χ0n) is 9.77. The number of nitrogens with zero attached hydrogens (tertiary/aromatic N) is 2. The van der Waals surface area contributed by atoms with Crippen molar-refractivity contribution in [2.75, 3.05) is 25.6 Å². The molecular formula is C10H13FN4O3. The Hall–Kier alpha value is -2.25. The molecule has 7 nitrogen and oxygen atoms in total. The fourth-order valence-electron chi connectivity index (χ4n) is 1.28. The molecule has 2 N–H and O–H groups in total. The highest BCUT2D eigenvalue weighted by molar-refractivity contribution is 5.98. The van der Waals surface area contributed by atoms with Crippen molar-refractivity contribution in [3.05, 3.63) is 27.9 Å². The summed E-state index contributed by atoms with van der Waals surface area (Å²) in [5.41, 5.74) is -0.482. The molecule has 98 valence electrons. The van der Waals surface area contributed by atoms with E-state index in [4.69, 9.17) is 0 Å². The lowest BCUT2D eigenvalue weighted by molar-refractivity contribution is -0.385. The van der Waals surface area contributed by atoms with Gasteiger partial charge in [0.15, 0.2) is 0 Å². The molecule has 0 bridgehead atoms. The third-order valence-corrected chi connectivity index (χ3v) is 2.18. The van der Waals surface area contributed by atoms with Gasteiger partial charge in [-0.25, -0.2) is 4.98 Å². The van der Waals surface area contributed by atoms with Crippen LogP contribution in [0, 0.1) is 10.1 Å². The summed E-state index contributed by atoms with van der Waals surface area (Å²) < 4.78 is 11.9. The Morgan fingerprint density at radius 1 is 1.61 bits per heavy atom. The van der Waals surface area contributed by atoms with E-state index in [9.17, 15) is 19.3 Å². The van der Waals surface area contributed by atoms with Crippen LogP contribution in [-0.4, -0.2) is 36.1 Å². The minimum Gasteiger partial charge on any atom is -0.373 e. The molecular weight excluding hydrogens is 243 g/mol. The Morgan fingerprint density at radius 3 is 2.89 bits per heavy atom. The topological polar surface area (TPSA) is 97.2 Å². The highest BCUT2D eigenvalue weighted by atomic mass is 19.1. The largest absolute Gasteiger partial charge is 0.373 e. The van der Waals surface area contributed by atoms with Gasteiger partial charge in [-0.15, -0.1) is 0 Å². The van der Waals surface area contributed by atoms with Crippen LogP contribution in [0.25, 0.3) is 0 Å². The number of carbonyl (C=O) groups is 1. The molecule has 0 fully saturated rings. The Bertz CT molecular complexity index is 453. The molecule has 0 atom stereocenters. The molecule has 0 aliphatic heterocycles. The van der Waals surface area contributed by atoms with Gasteiger partial charge >= 0.3 is 0 Å². The van der Waals surface area contributed by atoms with E-state index < -0.39 is 17.5 Å². The minimum absolute atomic E-state index is 0.0989. The quantitative estimate of drug-likeness (QED) is 0.451. The maximum absolute atomic E-state index is 11.9. The molecule has 0 spiro atoms. The number of amides is 1. The molecule has 0 saturated carbocycles. The molecule has 1 rings (SSSR count). The van der Waals surface area contributed by atoms with Crippen LogP contribution in [0.15, 0.2) is 12.3 Å². The number of pyridine rings is 1. The first kappa shape index (κ1) is 13.8. The Morgan fingerprint density at radius 2 is 2.33 bits per heavy atom. The summed E-state index contributed by atoms with van der Waals surface area (Å²) in [5.74, 6) is -0.273. The monoisotopic (exact) mass is 256 g/mol. The molecule has 0 saturated heterocycles. The summed E-state index contributed by atoms with van der Waals surface area (Å²) in [6, 6.07) is 1.28. The highest BCUT2D eigenvalue weighted by Gasteiger charge is 2.21. The SMILES string of the molecule is CNc1cc(C(=O)NCCCF)c([N+](=O)[O-])cn1. The second kappa shape index (κ2) is 6.48. The number of alkyl halides is 1. The van der Waals surface area contributed by atoms with Crippen LogP contribution >= 0.6 is 0 Å². The highest BCUT2D eigenvalue weighted by Crippen LogP contribution is 2.19. The van der Waals surface area contributed by atoms with Crippen molar-refractivity contribution >= 4 is 17.4 Å². The number of aromatic nitrogens is 1. The Balaban J connectivity index is 2.96. The second-order valence-electron chi connectivity index (χ2n) is 3.39. The molecule has 0 radical (unpaired) electrons. The Kier molecular flexibility index (Phi) is 4.97. The molecule has 1 aromatic heterocycles. The van der Waals surface area contributed by atoms with Gasteiger partial charge in [0, 0.05) is 19.7 Å². The van der Waals surface area contributed by atoms with E-state index in [2.05, 4.69) is 15.6 Å². The van der Waals surface area contributed by atoms with Crippen molar-refractivity contribution in [3.8, 4) is 0 Å². The van der Waals surface area contributed by atoms with Gasteiger partial charge in [0.1, 0.15) is 17.6 Å². The lowest BCUT2D eigenvalue weighted by Crippen LogP contribution is -2.25. The molecule has 8 heteroatoms. The van der Waals surface area contributed by atoms with E-state index in [-0.39, 0.29) is 24.2 Å². The molecule has 18 heavy (non-hydrogen) atoms. The van der Waals surface area contributed by atoms with Gasteiger partial charge in [0.2, 0.25) is 0 Å². The van der Waals surface area contributed by atoms with Gasteiger partial charge in [-0.2, -0.15) is 0 Å². The average molecular weight is 256 g/mol. The van der Waals surface area contributed by atoms with E-state index in [1.165, 1.54) is 6.07 Å². The summed E-state index contributed by atoms with van der Waals surface area (Å²) in [6.45, 7) is -0.426. The van der Waals surface area contributed by atoms with Crippen LogP contribution in [0.4, 0.5) is 15.9 Å². The number of nitro groups is 1. The normalized spacial score (nSPS) is 9.89. The summed E-state index contributed by atoms with van der Waals surface area (Å²) in [5, 5.41) is 15.9. The van der Waals surface area contributed by atoms with Crippen molar-refractivity contribution in [3.63, 3.8) is 0 Å². The summed E-state index contributed by atoms with van der Waals surface area (Å²) >= 11 is 0. The lowest BCUT2D eigenvalue weighted by atomic mass is 10.2. The third-order valence-electron chi connectivity index (χ3n) is 2.18. The molecule has 1 heterocycles. The molecule has 0 unspecified atom stereocenters. The predicted molar refractivity (Wildman–Crippen MR) is 63.4 cm³/mol. The van der Waals surface area contributed by atoms with E-state index >= 15 is 0 Å². The standard InChI is InChI=1S/C10H13FN4O3/c1-12-9-5-7(8(6-14-9)15(17)18)10(16)13-4-2-3-11/h5-6H,2-4H2,1H3,(H,12,14)(H,13,16). The number of hydrogen-bond acceptors (Lipinski definition) is 5. The number of halogens is 1. The van der Waals surface area contributed by atoms with Crippen molar-refractivity contribution in [2.45, 2.75) is 6.42 Å². The smallest absolute Gasteiger partial charge is 0.300 e. The van der Waals surface area contributed by atoms with Crippen molar-refractivity contribution in [2.24, 2.45) is 0 Å². The molecule has 0 aliphatic rings. The minimum atomic E-state index is -0.684. The van der Waals surface area contributed by atoms with Crippen molar-refractivity contribution < 1.29 is 14.1 Å². The zero-order chi connectivity index (χ0) is 13.5. The predicted octanol–water partition coefficient (Wildman–Crippen LogP) is 1.12. The first-order valence-corrected chi connectivity index (χ1v) is 5.26. The fourth-order valence-corrected chi connectivity index (χ4v) is 1.28. The van der Waals surface area contributed by atoms with Gasteiger partial charge in [0.05, 0.1) is 11.6 Å². The van der Waals surface area contributed by atoms with Crippen LogP contribution in [0.1, 0.15) is 16.8 Å². The molecule has 0 aliphatic carbocycles. The Labute approximate surface area is 103 Å². The van der Waals surface area contributed by atoms with Crippen LogP contribution in [0.3, 0.4) is 0 Å². The van der Waals surface area contributed by atoms with E-state index in [1.54, 1.807) is 7.05 Å². The lowest BCUT2D eigenvalue weighted by Gasteiger charge is -2.06. The van der Waals surface area contributed by atoms with E-state index in [0.29, 0.717) is 5.82 Å². The summed E-state index contributed by atoms with van der Waals surface area (Å²) in [4.78, 5) is 25.6. The van der Waals surface area contributed by atoms with Crippen molar-refractivity contribution in [1.82, 2.24) is 10.3 Å². The number of rotatable bonds is 6. The number of anilines is 1. The van der Waals surface area contributed by atoms with Crippen LogP contribution in [-0.2, 0) is 0 Å². The summed E-state index contributed by atoms with van der Waals surface area (Å²) in [7, 11) is 1.58. The maximum atomic E-state index is 11.9. The van der Waals surface area contributed by atoms with Crippen LogP contribution in [0.2, 0.25) is 0 Å². The first-order chi connectivity index (χ1) is 8.60. The van der Waals surface area contributed by atoms with Gasteiger partial charge in [0.25, 0.3) is 11.6 Å². The maximum Gasteiger partial charge on any atom is 0.300 e. The van der Waals surface area contributed by atoms with Gasteiger partial charge < -0.3 is 10.6 Å². The molecule has 1 amide bonds. The van der Waals surface area contributed by atoms with Crippen LogP contribution in [0.5, 0.6) is 0 Å². The molecule has 0 aromatic carbocycles.